The van der Waals surface area contributed by atoms with Crippen molar-refractivity contribution in [2.45, 2.75) is 25.0 Å². The van der Waals surface area contributed by atoms with E-state index in [9.17, 15) is 4.79 Å². The quantitative estimate of drug-likeness (QED) is 0.369. The normalized spacial score (nSPS) is 15.9. The third kappa shape index (κ3) is 4.72. The maximum Gasteiger partial charge on any atom is 0.234 e. The van der Waals surface area contributed by atoms with Gasteiger partial charge in [0.1, 0.15) is 0 Å². The zero-order valence-electron chi connectivity index (χ0n) is 6.36. The zero-order valence-corrected chi connectivity index (χ0v) is 6.36. The molecule has 0 saturated carbocycles. The van der Waals surface area contributed by atoms with Crippen LogP contribution in [0.25, 0.3) is 0 Å². The Balaban J connectivity index is 3.45. The summed E-state index contributed by atoms with van der Waals surface area (Å²) in [5, 5.41) is 8.96. The Hall–Kier alpha value is -0.650. The molecule has 0 aliphatic heterocycles. The van der Waals surface area contributed by atoms with Gasteiger partial charge in [-0.15, -0.1) is 0 Å². The van der Waals surface area contributed by atoms with Crippen LogP contribution in [-0.4, -0.2) is 29.7 Å². The Morgan fingerprint density at radius 2 is 2.00 bits per heavy atom. The summed E-state index contributed by atoms with van der Waals surface area (Å²) in [4.78, 5) is 10.4. The second-order valence-corrected chi connectivity index (χ2v) is 2.48. The Kier molecular flexibility index (Phi) is 4.76. The average molecular weight is 161 g/mol. The van der Waals surface area contributed by atoms with Crippen molar-refractivity contribution in [3.8, 4) is 0 Å². The van der Waals surface area contributed by atoms with Gasteiger partial charge in [0.25, 0.3) is 0 Å². The lowest BCUT2D eigenvalue weighted by molar-refractivity contribution is -0.119. The van der Waals surface area contributed by atoms with Crippen LogP contribution in [0.1, 0.15) is 12.8 Å². The van der Waals surface area contributed by atoms with Gasteiger partial charge in [0.15, 0.2) is 0 Å². The van der Waals surface area contributed by atoms with Gasteiger partial charge in [-0.25, -0.2) is 0 Å². The molecule has 5 nitrogen and oxygen atoms in total. The van der Waals surface area contributed by atoms with Gasteiger partial charge >= 0.3 is 0 Å². The van der Waals surface area contributed by atoms with Crippen molar-refractivity contribution in [2.24, 2.45) is 17.2 Å². The van der Waals surface area contributed by atoms with E-state index in [1.807, 2.05) is 0 Å². The van der Waals surface area contributed by atoms with E-state index in [-0.39, 0.29) is 6.54 Å². The molecule has 0 aromatic carbocycles. The highest BCUT2D eigenvalue weighted by atomic mass is 16.3. The summed E-state index contributed by atoms with van der Waals surface area (Å²) in [7, 11) is 0. The van der Waals surface area contributed by atoms with Crippen LogP contribution in [0.2, 0.25) is 0 Å². The van der Waals surface area contributed by atoms with E-state index in [0.29, 0.717) is 12.8 Å². The number of hydrogen-bond donors (Lipinski definition) is 4. The molecule has 0 heterocycles. The number of rotatable bonds is 5. The lowest BCUT2D eigenvalue weighted by atomic mass is 10.1. The van der Waals surface area contributed by atoms with Crippen molar-refractivity contribution in [3.63, 3.8) is 0 Å². The minimum Gasteiger partial charge on any atom is -0.392 e. The molecule has 0 radical (unpaired) electrons. The summed E-state index contributed by atoms with van der Waals surface area (Å²) in [5.41, 5.74) is 15.3. The summed E-state index contributed by atoms with van der Waals surface area (Å²) >= 11 is 0. The Labute approximate surface area is 65.5 Å². The molecule has 11 heavy (non-hydrogen) atoms. The maximum absolute atomic E-state index is 10.4. The minimum atomic E-state index is -0.670. The van der Waals surface area contributed by atoms with E-state index in [1.54, 1.807) is 0 Å². The van der Waals surface area contributed by atoms with Crippen LogP contribution >= 0.6 is 0 Å². The van der Waals surface area contributed by atoms with E-state index in [1.165, 1.54) is 0 Å². The molecule has 7 N–H and O–H groups in total. The smallest absolute Gasteiger partial charge is 0.234 e. The zero-order chi connectivity index (χ0) is 8.85. The van der Waals surface area contributed by atoms with E-state index in [2.05, 4.69) is 0 Å². The Morgan fingerprint density at radius 3 is 2.36 bits per heavy atom. The monoisotopic (exact) mass is 161 g/mol. The fourth-order valence-corrected chi connectivity index (χ4v) is 0.632. The highest BCUT2D eigenvalue weighted by Crippen LogP contribution is 1.97. The number of primary amides is 1. The number of aliphatic hydroxyl groups excluding tert-OH is 1. The summed E-state index contributed by atoms with van der Waals surface area (Å²) in [6.07, 6.45) is 0.217. The molecule has 0 aromatic heterocycles. The number of hydrogen-bond acceptors (Lipinski definition) is 4. The average Bonchev–Trinajstić information content (AvgIpc) is 1.99. The van der Waals surface area contributed by atoms with Crippen molar-refractivity contribution in [2.75, 3.05) is 6.54 Å². The number of nitrogens with two attached hydrogens (primary N) is 3. The third-order valence-corrected chi connectivity index (χ3v) is 1.45. The molecule has 0 saturated heterocycles. The minimum absolute atomic E-state index is 0.186. The van der Waals surface area contributed by atoms with Crippen LogP contribution in [0.15, 0.2) is 0 Å². The molecule has 1 amide bonds. The van der Waals surface area contributed by atoms with Gasteiger partial charge in [-0.05, 0) is 12.8 Å². The Bertz CT molecular complexity index is 129. The fraction of sp³-hybridized carbons (Fsp3) is 0.833. The standard InChI is InChI=1S/C6H15N3O2/c7-3-4(10)1-2-5(8)6(9)11/h4-5,10H,1-3,7-8H2,(H2,9,11). The van der Waals surface area contributed by atoms with Crippen LogP contribution in [-0.2, 0) is 4.79 Å². The number of carbonyl (C=O) groups excluding carboxylic acids is 1. The fourth-order valence-electron chi connectivity index (χ4n) is 0.632. The van der Waals surface area contributed by atoms with Crippen molar-refractivity contribution < 1.29 is 9.90 Å². The predicted octanol–water partition coefficient (Wildman–Crippen LogP) is -2.10. The topological polar surface area (TPSA) is 115 Å². The van der Waals surface area contributed by atoms with E-state index >= 15 is 0 Å². The van der Waals surface area contributed by atoms with Crippen LogP contribution in [0.3, 0.4) is 0 Å². The van der Waals surface area contributed by atoms with E-state index < -0.39 is 18.1 Å². The molecule has 0 bridgehead atoms. The molecule has 2 unspecified atom stereocenters. The summed E-state index contributed by atoms with van der Waals surface area (Å²) < 4.78 is 0. The largest absolute Gasteiger partial charge is 0.392 e. The third-order valence-electron chi connectivity index (χ3n) is 1.45. The van der Waals surface area contributed by atoms with Crippen LogP contribution in [0.5, 0.6) is 0 Å². The molecule has 0 aliphatic carbocycles. The first kappa shape index (κ1) is 10.3. The molecular weight excluding hydrogens is 146 g/mol. The SMILES string of the molecule is NCC(O)CCC(N)C(N)=O. The lowest BCUT2D eigenvalue weighted by Crippen LogP contribution is -2.37. The predicted molar refractivity (Wildman–Crippen MR) is 41.5 cm³/mol. The molecular formula is C6H15N3O2. The van der Waals surface area contributed by atoms with Crippen molar-refractivity contribution in [1.82, 2.24) is 0 Å². The summed E-state index contributed by atoms with van der Waals surface area (Å²) in [6.45, 7) is 0.186. The second-order valence-electron chi connectivity index (χ2n) is 2.48. The maximum atomic E-state index is 10.4. The molecule has 0 rings (SSSR count). The number of carbonyl (C=O) groups is 1. The van der Waals surface area contributed by atoms with Gasteiger partial charge in [-0.3, -0.25) is 4.79 Å². The first-order valence-corrected chi connectivity index (χ1v) is 3.51. The van der Waals surface area contributed by atoms with Crippen molar-refractivity contribution >= 4 is 5.91 Å². The second kappa shape index (κ2) is 5.06. The van der Waals surface area contributed by atoms with Crippen molar-refractivity contribution in [3.05, 3.63) is 0 Å². The molecule has 5 heteroatoms. The van der Waals surface area contributed by atoms with Crippen LogP contribution < -0.4 is 17.2 Å². The van der Waals surface area contributed by atoms with Gasteiger partial charge in [-0.1, -0.05) is 0 Å². The number of aliphatic hydroxyl groups is 1. The first-order valence-electron chi connectivity index (χ1n) is 3.51. The van der Waals surface area contributed by atoms with Gasteiger partial charge in [0.05, 0.1) is 12.1 Å². The van der Waals surface area contributed by atoms with Crippen LogP contribution in [0, 0.1) is 0 Å². The molecule has 0 aliphatic rings. The van der Waals surface area contributed by atoms with E-state index in [4.69, 9.17) is 22.3 Å². The molecule has 0 spiro atoms. The van der Waals surface area contributed by atoms with Gasteiger partial charge in [0, 0.05) is 6.54 Å². The molecule has 0 aromatic rings. The van der Waals surface area contributed by atoms with Gasteiger partial charge < -0.3 is 22.3 Å². The highest BCUT2D eigenvalue weighted by Gasteiger charge is 2.10. The summed E-state index contributed by atoms with van der Waals surface area (Å²) in [5.74, 6) is -0.547. The van der Waals surface area contributed by atoms with Crippen LogP contribution in [0.4, 0.5) is 0 Å². The molecule has 66 valence electrons. The van der Waals surface area contributed by atoms with E-state index in [0.717, 1.165) is 0 Å². The lowest BCUT2D eigenvalue weighted by Gasteiger charge is -2.09. The number of amides is 1. The summed E-state index contributed by atoms with van der Waals surface area (Å²) in [6, 6.07) is -0.670. The molecule has 2 atom stereocenters. The highest BCUT2D eigenvalue weighted by molar-refractivity contribution is 5.79. The van der Waals surface area contributed by atoms with Gasteiger partial charge in [-0.2, -0.15) is 0 Å². The van der Waals surface area contributed by atoms with Crippen molar-refractivity contribution in [1.29, 1.82) is 0 Å². The Morgan fingerprint density at radius 1 is 1.45 bits per heavy atom. The first-order chi connectivity index (χ1) is 5.07. The van der Waals surface area contributed by atoms with Gasteiger partial charge in [0.2, 0.25) is 5.91 Å². The molecule has 0 fully saturated rings.